The molecule has 0 aliphatic carbocycles. The van der Waals surface area contributed by atoms with Crippen molar-refractivity contribution in [3.8, 4) is 5.75 Å². The standard InChI is InChI=1S/C16H15ClN2O2/c1-21-11-6-7-12(17)14(9-11)19-16(20)15-8-10-4-2-3-5-13(10)18-15/h2-7,9,15,18H,8H2,1H3,(H,19,20). The minimum Gasteiger partial charge on any atom is -0.497 e. The van der Waals surface area contributed by atoms with Gasteiger partial charge < -0.3 is 15.4 Å². The van der Waals surface area contributed by atoms with Gasteiger partial charge in [0.25, 0.3) is 0 Å². The Balaban J connectivity index is 1.74. The molecule has 0 aromatic heterocycles. The lowest BCUT2D eigenvalue weighted by molar-refractivity contribution is -0.116. The maximum atomic E-state index is 12.4. The largest absolute Gasteiger partial charge is 0.497 e. The van der Waals surface area contributed by atoms with Crippen molar-refractivity contribution in [3.63, 3.8) is 0 Å². The highest BCUT2D eigenvalue weighted by Crippen LogP contribution is 2.29. The summed E-state index contributed by atoms with van der Waals surface area (Å²) in [7, 11) is 1.57. The van der Waals surface area contributed by atoms with Crippen LogP contribution < -0.4 is 15.4 Å². The molecule has 0 saturated heterocycles. The fourth-order valence-electron chi connectivity index (χ4n) is 2.40. The molecule has 0 fully saturated rings. The summed E-state index contributed by atoms with van der Waals surface area (Å²) in [6.07, 6.45) is 0.670. The second kappa shape index (κ2) is 5.66. The predicted molar refractivity (Wildman–Crippen MR) is 84.2 cm³/mol. The van der Waals surface area contributed by atoms with Crippen molar-refractivity contribution >= 4 is 28.9 Å². The predicted octanol–water partition coefficient (Wildman–Crippen LogP) is 3.32. The Morgan fingerprint density at radius 3 is 2.90 bits per heavy atom. The van der Waals surface area contributed by atoms with Crippen LogP contribution in [-0.4, -0.2) is 19.1 Å². The fraction of sp³-hybridized carbons (Fsp3) is 0.188. The van der Waals surface area contributed by atoms with Gasteiger partial charge in [-0.05, 0) is 23.8 Å². The van der Waals surface area contributed by atoms with Crippen LogP contribution in [0.25, 0.3) is 0 Å². The molecule has 0 bridgehead atoms. The molecule has 5 heteroatoms. The van der Waals surface area contributed by atoms with Crippen LogP contribution in [0.5, 0.6) is 5.75 Å². The lowest BCUT2D eigenvalue weighted by Gasteiger charge is -2.13. The summed E-state index contributed by atoms with van der Waals surface area (Å²) in [5.41, 5.74) is 2.71. The average Bonchev–Trinajstić information content (AvgIpc) is 2.93. The van der Waals surface area contributed by atoms with Crippen LogP contribution in [0.4, 0.5) is 11.4 Å². The molecule has 2 N–H and O–H groups in total. The van der Waals surface area contributed by atoms with Gasteiger partial charge in [0.05, 0.1) is 17.8 Å². The smallest absolute Gasteiger partial charge is 0.247 e. The van der Waals surface area contributed by atoms with Gasteiger partial charge in [-0.1, -0.05) is 29.8 Å². The molecular weight excluding hydrogens is 288 g/mol. The molecule has 1 atom stereocenters. The number of carbonyl (C=O) groups is 1. The topological polar surface area (TPSA) is 50.4 Å². The highest BCUT2D eigenvalue weighted by atomic mass is 35.5. The van der Waals surface area contributed by atoms with E-state index in [-0.39, 0.29) is 11.9 Å². The van der Waals surface area contributed by atoms with Crippen molar-refractivity contribution < 1.29 is 9.53 Å². The minimum atomic E-state index is -0.287. The summed E-state index contributed by atoms with van der Waals surface area (Å²) in [4.78, 5) is 12.4. The number of fused-ring (bicyclic) bond motifs is 1. The molecule has 3 rings (SSSR count). The van der Waals surface area contributed by atoms with Crippen molar-refractivity contribution in [1.82, 2.24) is 0 Å². The molecule has 0 spiro atoms. The van der Waals surface area contributed by atoms with Gasteiger partial charge >= 0.3 is 0 Å². The summed E-state index contributed by atoms with van der Waals surface area (Å²) in [5, 5.41) is 6.55. The molecular formula is C16H15ClN2O2. The zero-order valence-electron chi connectivity index (χ0n) is 11.5. The van der Waals surface area contributed by atoms with E-state index >= 15 is 0 Å². The Labute approximate surface area is 128 Å². The Kier molecular flexibility index (Phi) is 3.71. The quantitative estimate of drug-likeness (QED) is 0.914. The number of nitrogens with one attached hydrogen (secondary N) is 2. The van der Waals surface area contributed by atoms with E-state index in [4.69, 9.17) is 16.3 Å². The first-order valence-electron chi connectivity index (χ1n) is 6.66. The summed E-state index contributed by atoms with van der Waals surface area (Å²) in [5.74, 6) is 0.540. The van der Waals surface area contributed by atoms with Gasteiger partial charge in [-0.3, -0.25) is 4.79 Å². The van der Waals surface area contributed by atoms with Gasteiger partial charge in [0.2, 0.25) is 5.91 Å². The van der Waals surface area contributed by atoms with E-state index in [1.807, 2.05) is 24.3 Å². The average molecular weight is 303 g/mol. The maximum absolute atomic E-state index is 12.4. The van der Waals surface area contributed by atoms with Gasteiger partial charge in [0.15, 0.2) is 0 Å². The van der Waals surface area contributed by atoms with E-state index in [1.54, 1.807) is 25.3 Å². The van der Waals surface area contributed by atoms with E-state index < -0.39 is 0 Å². The van der Waals surface area contributed by atoms with Crippen LogP contribution in [0, 0.1) is 0 Å². The van der Waals surface area contributed by atoms with Crippen LogP contribution in [0.1, 0.15) is 5.56 Å². The zero-order valence-corrected chi connectivity index (χ0v) is 12.3. The van der Waals surface area contributed by atoms with Crippen LogP contribution in [0.15, 0.2) is 42.5 Å². The molecule has 2 aromatic carbocycles. The van der Waals surface area contributed by atoms with E-state index in [0.29, 0.717) is 22.9 Å². The first kappa shape index (κ1) is 13.8. The second-order valence-electron chi connectivity index (χ2n) is 4.89. The molecule has 4 nitrogen and oxygen atoms in total. The minimum absolute atomic E-state index is 0.110. The molecule has 21 heavy (non-hydrogen) atoms. The van der Waals surface area contributed by atoms with Gasteiger partial charge in [-0.15, -0.1) is 0 Å². The highest BCUT2D eigenvalue weighted by molar-refractivity contribution is 6.33. The SMILES string of the molecule is COc1ccc(Cl)c(NC(=O)C2Cc3ccccc3N2)c1. The number of carbonyl (C=O) groups excluding carboxylic acids is 1. The van der Waals surface area contributed by atoms with Gasteiger partial charge in [-0.25, -0.2) is 0 Å². The number of rotatable bonds is 3. The van der Waals surface area contributed by atoms with E-state index in [2.05, 4.69) is 10.6 Å². The normalized spacial score (nSPS) is 16.0. The van der Waals surface area contributed by atoms with Crippen molar-refractivity contribution in [2.45, 2.75) is 12.5 Å². The first-order valence-corrected chi connectivity index (χ1v) is 7.04. The Bertz CT molecular complexity index is 663. The summed E-state index contributed by atoms with van der Waals surface area (Å²) in [6.45, 7) is 0. The third kappa shape index (κ3) is 2.81. The molecule has 0 radical (unpaired) electrons. The number of amides is 1. The lowest BCUT2D eigenvalue weighted by Crippen LogP contribution is -2.32. The van der Waals surface area contributed by atoms with E-state index in [9.17, 15) is 4.79 Å². The van der Waals surface area contributed by atoms with Crippen LogP contribution in [0.2, 0.25) is 5.02 Å². The second-order valence-corrected chi connectivity index (χ2v) is 5.30. The maximum Gasteiger partial charge on any atom is 0.247 e. The van der Waals surface area contributed by atoms with Crippen molar-refractivity contribution in [2.24, 2.45) is 0 Å². The Hall–Kier alpha value is -2.20. The number of hydrogen-bond donors (Lipinski definition) is 2. The Morgan fingerprint density at radius 1 is 1.33 bits per heavy atom. The number of anilines is 2. The highest BCUT2D eigenvalue weighted by Gasteiger charge is 2.26. The molecule has 1 aliphatic rings. The molecule has 1 heterocycles. The molecule has 108 valence electrons. The number of halogens is 1. The number of benzene rings is 2. The molecule has 1 unspecified atom stereocenters. The number of methoxy groups -OCH3 is 1. The number of para-hydroxylation sites is 1. The summed E-state index contributed by atoms with van der Waals surface area (Å²) in [6, 6.07) is 12.8. The van der Waals surface area contributed by atoms with Crippen molar-refractivity contribution in [3.05, 3.63) is 53.1 Å². The lowest BCUT2D eigenvalue weighted by atomic mass is 10.1. The Morgan fingerprint density at radius 2 is 2.14 bits per heavy atom. The van der Waals surface area contributed by atoms with Gasteiger partial charge in [0, 0.05) is 18.2 Å². The molecule has 1 aliphatic heterocycles. The molecule has 2 aromatic rings. The van der Waals surface area contributed by atoms with Crippen LogP contribution in [-0.2, 0) is 11.2 Å². The fourth-order valence-corrected chi connectivity index (χ4v) is 2.57. The van der Waals surface area contributed by atoms with Gasteiger partial charge in [-0.2, -0.15) is 0 Å². The molecule has 0 saturated carbocycles. The summed E-state index contributed by atoms with van der Waals surface area (Å²) >= 11 is 6.10. The van der Waals surface area contributed by atoms with Crippen LogP contribution in [0.3, 0.4) is 0 Å². The third-order valence-corrected chi connectivity index (χ3v) is 3.85. The van der Waals surface area contributed by atoms with E-state index in [0.717, 1.165) is 11.3 Å². The van der Waals surface area contributed by atoms with Crippen molar-refractivity contribution in [2.75, 3.05) is 17.7 Å². The zero-order chi connectivity index (χ0) is 14.8. The number of ether oxygens (including phenoxy) is 1. The molecule has 1 amide bonds. The van der Waals surface area contributed by atoms with Crippen LogP contribution >= 0.6 is 11.6 Å². The summed E-state index contributed by atoms with van der Waals surface area (Å²) < 4.78 is 5.14. The van der Waals surface area contributed by atoms with Gasteiger partial charge in [0.1, 0.15) is 11.8 Å². The monoisotopic (exact) mass is 302 g/mol. The first-order chi connectivity index (χ1) is 10.2. The third-order valence-electron chi connectivity index (χ3n) is 3.52. The number of hydrogen-bond acceptors (Lipinski definition) is 3. The van der Waals surface area contributed by atoms with Crippen molar-refractivity contribution in [1.29, 1.82) is 0 Å². The van der Waals surface area contributed by atoms with E-state index in [1.165, 1.54) is 0 Å².